The van der Waals surface area contributed by atoms with Crippen LogP contribution in [0.3, 0.4) is 0 Å². The van der Waals surface area contributed by atoms with Gasteiger partial charge in [-0.3, -0.25) is 0 Å². The molecule has 100 valence electrons. The average Bonchev–Trinajstić information content (AvgIpc) is 2.84. The fourth-order valence-corrected chi connectivity index (χ4v) is 2.99. The Bertz CT molecular complexity index is 831. The molecule has 6 heteroatoms. The highest BCUT2D eigenvalue weighted by Crippen LogP contribution is 2.32. The lowest BCUT2D eigenvalue weighted by Gasteiger charge is -1.97. The van der Waals surface area contributed by atoms with E-state index in [0.717, 1.165) is 4.70 Å². The number of aromatic nitrogens is 1. The summed E-state index contributed by atoms with van der Waals surface area (Å²) in [4.78, 5) is 15.3. The zero-order valence-electron chi connectivity index (χ0n) is 9.93. The van der Waals surface area contributed by atoms with Crippen LogP contribution in [0.2, 0.25) is 5.02 Å². The third-order valence-electron chi connectivity index (χ3n) is 2.80. The molecule has 0 aliphatic carbocycles. The number of nitrogens with zero attached hydrogens (tertiary/aromatic N) is 1. The van der Waals surface area contributed by atoms with E-state index in [4.69, 9.17) is 16.7 Å². The van der Waals surface area contributed by atoms with Crippen molar-refractivity contribution < 1.29 is 14.3 Å². The fraction of sp³-hybridized carbons (Fsp3) is 0. The van der Waals surface area contributed by atoms with Gasteiger partial charge in [-0.2, -0.15) is 0 Å². The lowest BCUT2D eigenvalue weighted by molar-refractivity contribution is 0.0697. The monoisotopic (exact) mass is 307 g/mol. The van der Waals surface area contributed by atoms with Crippen LogP contribution >= 0.6 is 22.9 Å². The van der Waals surface area contributed by atoms with Crippen LogP contribution in [-0.4, -0.2) is 16.1 Å². The number of hydrogen-bond acceptors (Lipinski definition) is 3. The Morgan fingerprint density at radius 1 is 1.25 bits per heavy atom. The van der Waals surface area contributed by atoms with Crippen LogP contribution in [0.1, 0.15) is 10.4 Å². The van der Waals surface area contributed by atoms with Gasteiger partial charge in [0.15, 0.2) is 0 Å². The Labute approximate surface area is 122 Å². The highest BCUT2D eigenvalue weighted by molar-refractivity contribution is 7.21. The maximum absolute atomic E-state index is 13.1. The minimum atomic E-state index is -0.980. The molecule has 2 aromatic carbocycles. The number of rotatable bonds is 2. The van der Waals surface area contributed by atoms with Crippen LogP contribution in [0.15, 0.2) is 36.4 Å². The van der Waals surface area contributed by atoms with Crippen LogP contribution in [0.4, 0.5) is 4.39 Å². The SMILES string of the molecule is O=C(O)c1ccc2nc(-c3ccc(F)c(Cl)c3)sc2c1. The normalized spacial score (nSPS) is 10.9. The predicted octanol–water partition coefficient (Wildman–Crippen LogP) is 4.45. The van der Waals surface area contributed by atoms with E-state index in [0.29, 0.717) is 16.1 Å². The largest absolute Gasteiger partial charge is 0.478 e. The van der Waals surface area contributed by atoms with E-state index >= 15 is 0 Å². The first-order valence-electron chi connectivity index (χ1n) is 5.64. The molecule has 3 nitrogen and oxygen atoms in total. The molecule has 0 bridgehead atoms. The number of carbonyl (C=O) groups is 1. The van der Waals surface area contributed by atoms with Crippen LogP contribution in [0, 0.1) is 5.82 Å². The average molecular weight is 308 g/mol. The summed E-state index contributed by atoms with van der Waals surface area (Å²) >= 11 is 7.09. The van der Waals surface area contributed by atoms with Gasteiger partial charge in [0.1, 0.15) is 10.8 Å². The fourth-order valence-electron chi connectivity index (χ4n) is 1.81. The van der Waals surface area contributed by atoms with Crippen molar-refractivity contribution >= 4 is 39.1 Å². The lowest BCUT2D eigenvalue weighted by Crippen LogP contribution is -1.94. The molecule has 0 aliphatic rings. The molecule has 1 aromatic heterocycles. The maximum Gasteiger partial charge on any atom is 0.335 e. The number of hydrogen-bond donors (Lipinski definition) is 1. The second kappa shape index (κ2) is 4.85. The van der Waals surface area contributed by atoms with E-state index in [-0.39, 0.29) is 10.6 Å². The molecule has 0 aliphatic heterocycles. The summed E-state index contributed by atoms with van der Waals surface area (Å²) in [7, 11) is 0. The number of carboxylic acid groups (broad SMARTS) is 1. The molecule has 3 aromatic rings. The Kier molecular flexibility index (Phi) is 3.16. The van der Waals surface area contributed by atoms with Crippen molar-refractivity contribution in [1.82, 2.24) is 4.98 Å². The standard InChI is InChI=1S/C14H7ClFNO2S/c15-9-5-7(1-3-10(9)16)13-17-11-4-2-8(14(18)19)6-12(11)20-13/h1-6H,(H,18,19). The number of carboxylic acids is 1. The Morgan fingerprint density at radius 3 is 2.75 bits per heavy atom. The van der Waals surface area contributed by atoms with Crippen molar-refractivity contribution in [2.24, 2.45) is 0 Å². The summed E-state index contributed by atoms with van der Waals surface area (Å²) in [5.41, 5.74) is 1.62. The van der Waals surface area contributed by atoms with Gasteiger partial charge in [-0.25, -0.2) is 14.2 Å². The summed E-state index contributed by atoms with van der Waals surface area (Å²) in [5, 5.41) is 9.67. The Morgan fingerprint density at radius 2 is 2.05 bits per heavy atom. The van der Waals surface area contributed by atoms with Gasteiger partial charge in [0, 0.05) is 5.56 Å². The summed E-state index contributed by atoms with van der Waals surface area (Å²) < 4.78 is 13.9. The van der Waals surface area contributed by atoms with Gasteiger partial charge in [0.2, 0.25) is 0 Å². The van der Waals surface area contributed by atoms with Crippen LogP contribution in [-0.2, 0) is 0 Å². The van der Waals surface area contributed by atoms with Gasteiger partial charge in [-0.15, -0.1) is 11.3 Å². The highest BCUT2D eigenvalue weighted by Gasteiger charge is 2.11. The molecular formula is C14H7ClFNO2S. The van der Waals surface area contributed by atoms with E-state index in [1.807, 2.05) is 0 Å². The topological polar surface area (TPSA) is 50.2 Å². The number of benzene rings is 2. The van der Waals surface area contributed by atoms with Gasteiger partial charge >= 0.3 is 5.97 Å². The van der Waals surface area contributed by atoms with E-state index < -0.39 is 11.8 Å². The maximum atomic E-state index is 13.1. The quantitative estimate of drug-likeness (QED) is 0.760. The van der Waals surface area contributed by atoms with Crippen LogP contribution < -0.4 is 0 Å². The summed E-state index contributed by atoms with van der Waals surface area (Å²) in [5.74, 6) is -1.46. The van der Waals surface area contributed by atoms with Gasteiger partial charge in [-0.1, -0.05) is 11.6 Å². The molecule has 1 N–H and O–H groups in total. The number of aromatic carboxylic acids is 1. The molecule has 0 radical (unpaired) electrons. The second-order valence-corrected chi connectivity index (χ2v) is 5.57. The second-order valence-electron chi connectivity index (χ2n) is 4.14. The van der Waals surface area contributed by atoms with E-state index in [1.165, 1.54) is 29.5 Å². The van der Waals surface area contributed by atoms with Crippen molar-refractivity contribution in [3.8, 4) is 10.6 Å². The van der Waals surface area contributed by atoms with Crippen LogP contribution in [0.5, 0.6) is 0 Å². The molecule has 0 saturated carbocycles. The minimum Gasteiger partial charge on any atom is -0.478 e. The highest BCUT2D eigenvalue weighted by atomic mass is 35.5. The summed E-state index contributed by atoms with van der Waals surface area (Å²) in [6.45, 7) is 0. The van der Waals surface area contributed by atoms with Crippen molar-refractivity contribution in [3.63, 3.8) is 0 Å². The number of halogens is 2. The molecule has 0 saturated heterocycles. The predicted molar refractivity (Wildman–Crippen MR) is 77.0 cm³/mol. The molecule has 0 unspecified atom stereocenters. The Hall–Kier alpha value is -1.98. The van der Waals surface area contributed by atoms with Crippen molar-refractivity contribution in [2.45, 2.75) is 0 Å². The first-order chi connectivity index (χ1) is 9.54. The molecule has 3 rings (SSSR count). The molecule has 0 fully saturated rings. The van der Waals surface area contributed by atoms with Crippen molar-refractivity contribution in [1.29, 1.82) is 0 Å². The van der Waals surface area contributed by atoms with Gasteiger partial charge in [-0.05, 0) is 36.4 Å². The van der Waals surface area contributed by atoms with Gasteiger partial charge < -0.3 is 5.11 Å². The number of thiazole rings is 1. The first-order valence-corrected chi connectivity index (χ1v) is 6.83. The first kappa shape index (κ1) is 13.0. The van der Waals surface area contributed by atoms with Crippen molar-refractivity contribution in [2.75, 3.05) is 0 Å². The zero-order valence-corrected chi connectivity index (χ0v) is 11.5. The van der Waals surface area contributed by atoms with E-state index in [1.54, 1.807) is 18.2 Å². The lowest BCUT2D eigenvalue weighted by atomic mass is 10.2. The molecule has 0 spiro atoms. The molecular weight excluding hydrogens is 301 g/mol. The summed E-state index contributed by atoms with van der Waals surface area (Å²) in [6.07, 6.45) is 0. The molecule has 0 amide bonds. The van der Waals surface area contributed by atoms with E-state index in [9.17, 15) is 9.18 Å². The molecule has 1 heterocycles. The van der Waals surface area contributed by atoms with Crippen LogP contribution in [0.25, 0.3) is 20.8 Å². The third kappa shape index (κ3) is 2.26. The number of fused-ring (bicyclic) bond motifs is 1. The minimum absolute atomic E-state index is 0.0352. The summed E-state index contributed by atoms with van der Waals surface area (Å²) in [6, 6.07) is 9.12. The zero-order chi connectivity index (χ0) is 14.3. The molecule has 0 atom stereocenters. The molecule has 20 heavy (non-hydrogen) atoms. The van der Waals surface area contributed by atoms with Crippen molar-refractivity contribution in [3.05, 3.63) is 52.8 Å². The third-order valence-corrected chi connectivity index (χ3v) is 4.16. The van der Waals surface area contributed by atoms with Gasteiger partial charge in [0.25, 0.3) is 0 Å². The smallest absolute Gasteiger partial charge is 0.335 e. The van der Waals surface area contributed by atoms with Gasteiger partial charge in [0.05, 0.1) is 20.8 Å². The van der Waals surface area contributed by atoms with E-state index in [2.05, 4.69) is 4.98 Å². The Balaban J connectivity index is 2.12.